The van der Waals surface area contributed by atoms with Gasteiger partial charge >= 0.3 is 29.6 Å². The molecule has 2 rings (SSSR count). The molecule has 1 N–H and O–H groups in total. The monoisotopic (exact) mass is 470 g/mol. The fourth-order valence-electron chi connectivity index (χ4n) is 3.72. The molecule has 32 heavy (non-hydrogen) atoms. The summed E-state index contributed by atoms with van der Waals surface area (Å²) in [6.45, 7) is 2.23. The summed E-state index contributed by atoms with van der Waals surface area (Å²) in [6, 6.07) is 11.5. The van der Waals surface area contributed by atoms with Crippen LogP contribution in [0.5, 0.6) is 17.2 Å². The van der Waals surface area contributed by atoms with Gasteiger partial charge in [0.15, 0.2) is 5.75 Å². The van der Waals surface area contributed by atoms with Crippen LogP contribution in [0.4, 0.5) is 0 Å². The molecule has 0 atom stereocenters. The van der Waals surface area contributed by atoms with Crippen molar-refractivity contribution in [2.75, 3.05) is 0 Å². The Morgan fingerprint density at radius 3 is 1.88 bits per heavy atom. The van der Waals surface area contributed by atoms with Gasteiger partial charge in [0, 0.05) is 0 Å². The molecule has 0 aliphatic heterocycles. The summed E-state index contributed by atoms with van der Waals surface area (Å²) in [6.07, 6.45) is 14.0. The predicted molar refractivity (Wildman–Crippen MR) is 122 cm³/mol. The molecule has 0 saturated heterocycles. The number of hydrogen-bond donors (Lipinski definition) is 1. The number of rotatable bonds is 15. The minimum absolute atomic E-state index is 0. The van der Waals surface area contributed by atoms with E-state index in [1.54, 1.807) is 30.3 Å². The molecule has 0 aliphatic carbocycles. The van der Waals surface area contributed by atoms with E-state index in [9.17, 15) is 18.1 Å². The Kier molecular flexibility index (Phi) is 14.2. The molecular weight excluding hydrogens is 435 g/mol. The van der Waals surface area contributed by atoms with Crippen LogP contribution in [0.15, 0.2) is 47.4 Å². The van der Waals surface area contributed by atoms with E-state index in [2.05, 4.69) is 6.92 Å². The number of hydrogen-bond acceptors (Lipinski definition) is 4. The van der Waals surface area contributed by atoms with Crippen molar-refractivity contribution in [1.29, 1.82) is 0 Å². The maximum absolute atomic E-state index is 12.2. The van der Waals surface area contributed by atoms with Crippen LogP contribution in [-0.4, -0.2) is 13.0 Å². The Bertz CT molecular complexity index is 885. The summed E-state index contributed by atoms with van der Waals surface area (Å²) in [7, 11) is -4.70. The average molecular weight is 471 g/mol. The Labute approximate surface area is 215 Å². The molecule has 5 nitrogen and oxygen atoms in total. The first kappa shape index (κ1) is 29.0. The molecule has 2 aromatic carbocycles. The quantitative estimate of drug-likeness (QED) is 0.244. The van der Waals surface area contributed by atoms with E-state index in [1.165, 1.54) is 57.4 Å². The van der Waals surface area contributed by atoms with Crippen LogP contribution in [-0.2, 0) is 16.5 Å². The average Bonchev–Trinajstić information content (AvgIpc) is 2.73. The molecule has 0 fully saturated rings. The van der Waals surface area contributed by atoms with Crippen molar-refractivity contribution in [2.45, 2.75) is 88.9 Å². The van der Waals surface area contributed by atoms with E-state index in [0.29, 0.717) is 17.7 Å². The molecule has 0 unspecified atom stereocenters. The third kappa shape index (κ3) is 10.3. The molecule has 0 spiro atoms. The van der Waals surface area contributed by atoms with Crippen LogP contribution in [0.25, 0.3) is 0 Å². The maximum Gasteiger partial charge on any atom is 1.00 e. The Balaban J connectivity index is 0.00000512. The number of ether oxygens (including phenoxy) is 1. The van der Waals surface area contributed by atoms with E-state index >= 15 is 0 Å². The normalized spacial score (nSPS) is 11.2. The van der Waals surface area contributed by atoms with Gasteiger partial charge in [-0.25, -0.2) is 0 Å². The van der Waals surface area contributed by atoms with Crippen molar-refractivity contribution in [3.8, 4) is 17.2 Å². The molecule has 0 aliphatic rings. The van der Waals surface area contributed by atoms with E-state index in [4.69, 9.17) is 4.74 Å². The minimum Gasteiger partial charge on any atom is -0.871 e. The zero-order chi connectivity index (χ0) is 22.5. The molecule has 172 valence electrons. The molecule has 0 amide bonds. The van der Waals surface area contributed by atoms with Crippen molar-refractivity contribution in [1.82, 2.24) is 0 Å². The fourth-order valence-corrected chi connectivity index (χ4v) is 4.45. The van der Waals surface area contributed by atoms with Crippen LogP contribution in [0, 0.1) is 0 Å². The van der Waals surface area contributed by atoms with Crippen molar-refractivity contribution >= 4 is 10.1 Å². The second-order valence-electron chi connectivity index (χ2n) is 8.06. The zero-order valence-corrected chi connectivity index (χ0v) is 22.3. The third-order valence-electron chi connectivity index (χ3n) is 5.43. The molecule has 7 heteroatoms. The molecule has 2 aromatic rings. The van der Waals surface area contributed by atoms with Crippen molar-refractivity contribution in [3.05, 3.63) is 48.0 Å². The second-order valence-corrected chi connectivity index (χ2v) is 9.42. The van der Waals surface area contributed by atoms with E-state index in [0.717, 1.165) is 19.3 Å². The van der Waals surface area contributed by atoms with Crippen molar-refractivity contribution < 1.29 is 52.4 Å². The molecule has 0 radical (unpaired) electrons. The van der Waals surface area contributed by atoms with E-state index < -0.39 is 20.8 Å². The van der Waals surface area contributed by atoms with Gasteiger partial charge in [-0.1, -0.05) is 107 Å². The molecule has 0 aromatic heterocycles. The van der Waals surface area contributed by atoms with Gasteiger partial charge in [-0.3, -0.25) is 4.55 Å². The first-order valence-electron chi connectivity index (χ1n) is 11.5. The first-order chi connectivity index (χ1) is 14.9. The number of aryl methyl sites for hydroxylation is 1. The summed E-state index contributed by atoms with van der Waals surface area (Å²) in [5.41, 5.74) is 0.618. The van der Waals surface area contributed by atoms with Crippen LogP contribution < -0.4 is 39.4 Å². The van der Waals surface area contributed by atoms with Gasteiger partial charge in [0.2, 0.25) is 0 Å². The number of unbranched alkanes of at least 4 members (excludes halogenated alkanes) is 10. The fraction of sp³-hybridized carbons (Fsp3) is 0.520. The third-order valence-corrected chi connectivity index (χ3v) is 6.33. The van der Waals surface area contributed by atoms with Gasteiger partial charge in [-0.15, -0.1) is 0 Å². The molecule has 0 bridgehead atoms. The standard InChI is InChI=1S/C25H36O5S.Na/c1-2-3-4-5-6-7-8-9-10-11-13-16-21-19-20-23(26)25(31(27,28)29)24(21)30-22-17-14-12-15-18-22;/h12,14-15,17-20,26H,2-11,13,16H2,1H3,(H,27,28,29);/q;+1/p-1. The number of para-hydroxylation sites is 1. The summed E-state index contributed by atoms with van der Waals surface area (Å²) in [4.78, 5) is -0.683. The van der Waals surface area contributed by atoms with Gasteiger partial charge in [-0.2, -0.15) is 8.42 Å². The van der Waals surface area contributed by atoms with E-state index in [-0.39, 0.29) is 35.3 Å². The van der Waals surface area contributed by atoms with Gasteiger partial charge in [-0.05, 0) is 30.5 Å². The van der Waals surface area contributed by atoms with Gasteiger partial charge in [0.25, 0.3) is 10.1 Å². The van der Waals surface area contributed by atoms with Gasteiger partial charge < -0.3 is 9.84 Å². The summed E-state index contributed by atoms with van der Waals surface area (Å²) < 4.78 is 39.1. The van der Waals surface area contributed by atoms with Crippen LogP contribution in [0.2, 0.25) is 0 Å². The largest absolute Gasteiger partial charge is 1.00 e. The van der Waals surface area contributed by atoms with Crippen LogP contribution in [0.3, 0.4) is 0 Å². The summed E-state index contributed by atoms with van der Waals surface area (Å²) in [5.74, 6) is -0.414. The van der Waals surface area contributed by atoms with Crippen LogP contribution in [0.1, 0.15) is 83.1 Å². The Morgan fingerprint density at radius 1 is 0.812 bits per heavy atom. The van der Waals surface area contributed by atoms with Crippen molar-refractivity contribution in [2.24, 2.45) is 0 Å². The Morgan fingerprint density at radius 2 is 1.34 bits per heavy atom. The zero-order valence-electron chi connectivity index (χ0n) is 19.5. The second kappa shape index (κ2) is 15.7. The van der Waals surface area contributed by atoms with Crippen LogP contribution >= 0.6 is 0 Å². The molecule has 0 heterocycles. The predicted octanol–water partition coefficient (Wildman–Crippen LogP) is 3.66. The van der Waals surface area contributed by atoms with E-state index in [1.807, 2.05) is 6.07 Å². The topological polar surface area (TPSA) is 86.7 Å². The molecular formula is C25H35NaO5S. The number of benzene rings is 2. The van der Waals surface area contributed by atoms with Crippen molar-refractivity contribution in [3.63, 3.8) is 0 Å². The summed E-state index contributed by atoms with van der Waals surface area (Å²) in [5, 5.41) is 12.2. The van der Waals surface area contributed by atoms with Gasteiger partial charge in [0.1, 0.15) is 10.6 Å². The SMILES string of the molecule is CCCCCCCCCCCCCc1ccc([O-])c(S(=O)(=O)O)c1Oc1ccccc1.[Na+]. The molecule has 0 saturated carbocycles. The first-order valence-corrected chi connectivity index (χ1v) is 12.9. The minimum atomic E-state index is -4.70. The van der Waals surface area contributed by atoms with Gasteiger partial charge in [0.05, 0.1) is 0 Å². The Hall–Kier alpha value is -1.05. The maximum atomic E-state index is 12.2. The smallest absolute Gasteiger partial charge is 0.871 e. The summed E-state index contributed by atoms with van der Waals surface area (Å²) >= 11 is 0.